The van der Waals surface area contributed by atoms with Gasteiger partial charge in [0, 0.05) is 31.5 Å². The quantitative estimate of drug-likeness (QED) is 0.230. The molecule has 0 fully saturated rings. The average molecular weight is 265 g/mol. The first-order valence-corrected chi connectivity index (χ1v) is 6.50. The molecule has 4 N–H and O–H groups in total. The van der Waals surface area contributed by atoms with E-state index in [1.807, 2.05) is 32.2 Å². The summed E-state index contributed by atoms with van der Waals surface area (Å²) >= 11 is 0. The second-order valence-electron chi connectivity index (χ2n) is 4.71. The molecule has 0 heterocycles. The molecule has 1 aromatic carbocycles. The summed E-state index contributed by atoms with van der Waals surface area (Å²) in [6.07, 6.45) is 2.82. The summed E-state index contributed by atoms with van der Waals surface area (Å²) < 4.78 is 0. The second kappa shape index (κ2) is 7.63. The van der Waals surface area contributed by atoms with Crippen LogP contribution in [-0.4, -0.2) is 36.3 Å². The van der Waals surface area contributed by atoms with E-state index in [1.165, 1.54) is 0 Å². The first-order chi connectivity index (χ1) is 9.10. The number of anilines is 1. The molecule has 0 saturated heterocycles. The molecule has 0 unspecified atom stereocenters. The number of unbranched alkanes of at least 4 members (excludes halogenated alkanes) is 2. The number of aryl methyl sites for hydroxylation is 1. The number of aliphatic hydroxyl groups excluding tert-OH is 1. The molecule has 5 nitrogen and oxygen atoms in total. The summed E-state index contributed by atoms with van der Waals surface area (Å²) in [5.41, 5.74) is 8.52. The fraction of sp³-hybridized carbons (Fsp3) is 0.500. The first-order valence-electron chi connectivity index (χ1n) is 6.50. The van der Waals surface area contributed by atoms with Crippen LogP contribution in [0.5, 0.6) is 0 Å². The van der Waals surface area contributed by atoms with Gasteiger partial charge in [0.25, 0.3) is 0 Å². The Morgan fingerprint density at radius 3 is 2.68 bits per heavy atom. The van der Waals surface area contributed by atoms with Crippen molar-refractivity contribution in [2.24, 2.45) is 10.9 Å². The number of hydrogen-bond donors (Lipinski definition) is 3. The molecule has 0 aliphatic heterocycles. The summed E-state index contributed by atoms with van der Waals surface area (Å²) in [6.45, 7) is 3.12. The Balaban J connectivity index is 2.82. The van der Waals surface area contributed by atoms with E-state index in [4.69, 9.17) is 16.0 Å². The van der Waals surface area contributed by atoms with Gasteiger partial charge in [-0.3, -0.25) is 0 Å². The summed E-state index contributed by atoms with van der Waals surface area (Å²) in [5.74, 6) is 0.122. The summed E-state index contributed by atoms with van der Waals surface area (Å²) in [4.78, 5) is 2.09. The number of nitrogens with two attached hydrogens (primary N) is 1. The lowest BCUT2D eigenvalue weighted by atomic mass is 10.1. The van der Waals surface area contributed by atoms with Gasteiger partial charge in [0.05, 0.1) is 0 Å². The number of aliphatic hydroxyl groups is 1. The van der Waals surface area contributed by atoms with Crippen LogP contribution in [0.15, 0.2) is 23.4 Å². The van der Waals surface area contributed by atoms with Gasteiger partial charge in [0.1, 0.15) is 0 Å². The van der Waals surface area contributed by atoms with Gasteiger partial charge in [-0.25, -0.2) is 0 Å². The van der Waals surface area contributed by atoms with Gasteiger partial charge < -0.3 is 20.9 Å². The maximum Gasteiger partial charge on any atom is 0.172 e. The normalized spacial score (nSPS) is 11.6. The second-order valence-corrected chi connectivity index (χ2v) is 4.71. The zero-order chi connectivity index (χ0) is 14.3. The Morgan fingerprint density at radius 2 is 2.05 bits per heavy atom. The number of amidine groups is 1. The van der Waals surface area contributed by atoms with Crippen LogP contribution in [0.4, 0.5) is 5.69 Å². The number of oxime groups is 1. The molecule has 0 aliphatic carbocycles. The predicted octanol–water partition coefficient (Wildman–Crippen LogP) is 1.69. The third-order valence-electron chi connectivity index (χ3n) is 3.10. The van der Waals surface area contributed by atoms with E-state index in [1.54, 1.807) is 0 Å². The van der Waals surface area contributed by atoms with Crippen LogP contribution in [-0.2, 0) is 0 Å². The summed E-state index contributed by atoms with van der Waals surface area (Å²) in [7, 11) is 1.99. The first kappa shape index (κ1) is 15.3. The highest BCUT2D eigenvalue weighted by atomic mass is 16.4. The zero-order valence-corrected chi connectivity index (χ0v) is 11.6. The molecule has 1 rings (SSSR count). The van der Waals surface area contributed by atoms with Crippen LogP contribution >= 0.6 is 0 Å². The molecular weight excluding hydrogens is 242 g/mol. The lowest BCUT2D eigenvalue weighted by Gasteiger charge is -2.22. The Labute approximate surface area is 114 Å². The molecule has 0 radical (unpaired) electrons. The van der Waals surface area contributed by atoms with Crippen molar-refractivity contribution in [2.45, 2.75) is 26.2 Å². The predicted molar refractivity (Wildman–Crippen MR) is 77.9 cm³/mol. The van der Waals surface area contributed by atoms with Gasteiger partial charge in [0.2, 0.25) is 0 Å². The lowest BCUT2D eigenvalue weighted by molar-refractivity contribution is 0.283. The molecule has 0 spiro atoms. The van der Waals surface area contributed by atoms with Gasteiger partial charge in [-0.15, -0.1) is 0 Å². The molecule has 0 atom stereocenters. The highest BCUT2D eigenvalue weighted by molar-refractivity contribution is 6.02. The molecule has 1 aromatic rings. The van der Waals surface area contributed by atoms with Crippen molar-refractivity contribution in [2.75, 3.05) is 25.1 Å². The van der Waals surface area contributed by atoms with Gasteiger partial charge in [0.15, 0.2) is 5.84 Å². The third-order valence-corrected chi connectivity index (χ3v) is 3.10. The van der Waals surface area contributed by atoms with Crippen molar-refractivity contribution in [1.29, 1.82) is 0 Å². The Bertz CT molecular complexity index is 433. The molecule has 5 heteroatoms. The zero-order valence-electron chi connectivity index (χ0n) is 11.6. The van der Waals surface area contributed by atoms with E-state index in [9.17, 15) is 0 Å². The molecular formula is C14H23N3O2. The van der Waals surface area contributed by atoms with E-state index in [0.29, 0.717) is 0 Å². The van der Waals surface area contributed by atoms with Gasteiger partial charge in [-0.05, 0) is 43.9 Å². The van der Waals surface area contributed by atoms with E-state index >= 15 is 0 Å². The van der Waals surface area contributed by atoms with E-state index in [2.05, 4.69) is 10.1 Å². The lowest BCUT2D eigenvalue weighted by Crippen LogP contribution is -2.24. The maximum atomic E-state index is 8.83. The fourth-order valence-electron chi connectivity index (χ4n) is 1.99. The maximum absolute atomic E-state index is 8.83. The van der Waals surface area contributed by atoms with Crippen LogP contribution in [0.3, 0.4) is 0 Å². The fourth-order valence-corrected chi connectivity index (χ4v) is 1.99. The SMILES string of the molecule is Cc1ccc(/C(N)=N/O)c(N(C)CCCCCO)c1. The highest BCUT2D eigenvalue weighted by Gasteiger charge is 2.11. The van der Waals surface area contributed by atoms with Crippen LogP contribution in [0.2, 0.25) is 0 Å². The highest BCUT2D eigenvalue weighted by Crippen LogP contribution is 2.21. The van der Waals surface area contributed by atoms with Crippen molar-refractivity contribution in [3.63, 3.8) is 0 Å². The molecule has 106 valence electrons. The largest absolute Gasteiger partial charge is 0.409 e. The Morgan fingerprint density at radius 1 is 1.32 bits per heavy atom. The molecule has 0 saturated carbocycles. The van der Waals surface area contributed by atoms with Crippen LogP contribution in [0.1, 0.15) is 30.4 Å². The van der Waals surface area contributed by atoms with Crippen molar-refractivity contribution < 1.29 is 10.3 Å². The van der Waals surface area contributed by atoms with Crippen molar-refractivity contribution >= 4 is 11.5 Å². The monoisotopic (exact) mass is 265 g/mol. The molecule has 0 bridgehead atoms. The number of rotatable bonds is 7. The van der Waals surface area contributed by atoms with Gasteiger partial charge in [-0.2, -0.15) is 0 Å². The van der Waals surface area contributed by atoms with E-state index in [0.717, 1.165) is 42.6 Å². The number of benzene rings is 1. The molecule has 0 aliphatic rings. The minimum atomic E-state index is 0.122. The minimum absolute atomic E-state index is 0.122. The number of hydrogen-bond acceptors (Lipinski definition) is 4. The molecule has 0 amide bonds. The van der Waals surface area contributed by atoms with E-state index < -0.39 is 0 Å². The standard InChI is InChI=1S/C14H23N3O2/c1-11-6-7-12(14(15)16-19)13(10-11)17(2)8-4-3-5-9-18/h6-7,10,18-19H,3-5,8-9H2,1-2H3,(H2,15,16). The average Bonchev–Trinajstić information content (AvgIpc) is 2.42. The molecule has 0 aromatic heterocycles. The summed E-state index contributed by atoms with van der Waals surface area (Å²) in [5, 5.41) is 20.7. The Kier molecular flexibility index (Phi) is 6.15. The van der Waals surface area contributed by atoms with Gasteiger partial charge >= 0.3 is 0 Å². The van der Waals surface area contributed by atoms with Crippen molar-refractivity contribution in [1.82, 2.24) is 0 Å². The van der Waals surface area contributed by atoms with Crippen LogP contribution < -0.4 is 10.6 Å². The summed E-state index contributed by atoms with van der Waals surface area (Å²) in [6, 6.07) is 5.83. The van der Waals surface area contributed by atoms with Crippen molar-refractivity contribution in [3.05, 3.63) is 29.3 Å². The van der Waals surface area contributed by atoms with Gasteiger partial charge in [-0.1, -0.05) is 11.2 Å². The van der Waals surface area contributed by atoms with Crippen molar-refractivity contribution in [3.8, 4) is 0 Å². The molecule has 19 heavy (non-hydrogen) atoms. The minimum Gasteiger partial charge on any atom is -0.409 e. The van der Waals surface area contributed by atoms with Crippen LogP contribution in [0, 0.1) is 6.92 Å². The van der Waals surface area contributed by atoms with Crippen LogP contribution in [0.25, 0.3) is 0 Å². The van der Waals surface area contributed by atoms with E-state index in [-0.39, 0.29) is 12.4 Å². The number of nitrogens with zero attached hydrogens (tertiary/aromatic N) is 2. The Hall–Kier alpha value is -1.75. The third kappa shape index (κ3) is 4.44. The smallest absolute Gasteiger partial charge is 0.172 e. The topological polar surface area (TPSA) is 82.1 Å².